The van der Waals surface area contributed by atoms with Gasteiger partial charge < -0.3 is 5.32 Å². The normalized spacial score (nSPS) is 9.89. The van der Waals surface area contributed by atoms with Gasteiger partial charge in [-0.15, -0.1) is 0 Å². The van der Waals surface area contributed by atoms with Gasteiger partial charge in [-0.3, -0.25) is 0 Å². The molecular formula is C15H16N4. The molecule has 0 unspecified atom stereocenters. The summed E-state index contributed by atoms with van der Waals surface area (Å²) in [6.07, 6.45) is 3.63. The molecule has 1 N–H and O–H groups in total. The number of nitrogens with one attached hydrogen (secondary N) is 1. The highest BCUT2D eigenvalue weighted by Gasteiger charge is 1.99. The van der Waals surface area contributed by atoms with Gasteiger partial charge in [0.1, 0.15) is 12.1 Å². The van der Waals surface area contributed by atoms with Crippen LogP contribution in [0.3, 0.4) is 0 Å². The summed E-state index contributed by atoms with van der Waals surface area (Å²) in [5.41, 5.74) is 2.85. The first-order chi connectivity index (χ1) is 9.31. The lowest BCUT2D eigenvalue weighted by atomic mass is 10.1. The summed E-state index contributed by atoms with van der Waals surface area (Å²) in [7, 11) is 0. The number of aryl methyl sites for hydroxylation is 1. The predicted octanol–water partition coefficient (Wildman–Crippen LogP) is 2.91. The number of aromatic nitrogens is 2. The number of benzene rings is 1. The Labute approximate surface area is 113 Å². The largest absolute Gasteiger partial charge is 0.366 e. The predicted molar refractivity (Wildman–Crippen MR) is 74.5 cm³/mol. The van der Waals surface area contributed by atoms with Crippen LogP contribution in [0.15, 0.2) is 36.7 Å². The van der Waals surface area contributed by atoms with Crippen molar-refractivity contribution < 1.29 is 0 Å². The number of hydrogen-bond donors (Lipinski definition) is 1. The second-order valence-corrected chi connectivity index (χ2v) is 4.31. The van der Waals surface area contributed by atoms with Gasteiger partial charge in [-0.2, -0.15) is 5.26 Å². The molecule has 0 fully saturated rings. The molecule has 0 aliphatic rings. The SMILES string of the molecule is CCCc1cc(NCc2ccc(C#N)cc2)ncn1. The first kappa shape index (κ1) is 13.0. The first-order valence-corrected chi connectivity index (χ1v) is 6.35. The molecule has 0 aliphatic carbocycles. The Balaban J connectivity index is 1.97. The average Bonchev–Trinajstić information content (AvgIpc) is 2.46. The second-order valence-electron chi connectivity index (χ2n) is 4.31. The molecule has 0 radical (unpaired) electrons. The van der Waals surface area contributed by atoms with Gasteiger partial charge in [0.25, 0.3) is 0 Å². The quantitative estimate of drug-likeness (QED) is 0.888. The standard InChI is InChI=1S/C15H16N4/c1-2-3-14-8-15(19-11-18-14)17-10-13-6-4-12(9-16)5-7-13/h4-8,11H,2-3,10H2,1H3,(H,17,18,19). The van der Waals surface area contributed by atoms with Crippen LogP contribution in [0.25, 0.3) is 0 Å². The molecule has 1 aromatic heterocycles. The molecule has 2 aromatic rings. The lowest BCUT2D eigenvalue weighted by molar-refractivity contribution is 0.871. The summed E-state index contributed by atoms with van der Waals surface area (Å²) in [6, 6.07) is 11.6. The van der Waals surface area contributed by atoms with E-state index in [1.807, 2.05) is 30.3 Å². The summed E-state index contributed by atoms with van der Waals surface area (Å²) in [5.74, 6) is 0.836. The summed E-state index contributed by atoms with van der Waals surface area (Å²) >= 11 is 0. The fourth-order valence-electron chi connectivity index (χ4n) is 1.78. The molecular weight excluding hydrogens is 236 g/mol. The van der Waals surface area contributed by atoms with Crippen LogP contribution in [-0.4, -0.2) is 9.97 Å². The topological polar surface area (TPSA) is 61.6 Å². The van der Waals surface area contributed by atoms with Gasteiger partial charge in [0, 0.05) is 18.3 Å². The molecule has 1 aromatic carbocycles. The fourth-order valence-corrected chi connectivity index (χ4v) is 1.78. The number of anilines is 1. The lowest BCUT2D eigenvalue weighted by Gasteiger charge is -2.06. The molecule has 0 saturated heterocycles. The van der Waals surface area contributed by atoms with E-state index in [0.29, 0.717) is 12.1 Å². The van der Waals surface area contributed by atoms with Crippen molar-refractivity contribution in [3.63, 3.8) is 0 Å². The fraction of sp³-hybridized carbons (Fsp3) is 0.267. The van der Waals surface area contributed by atoms with Gasteiger partial charge in [0.2, 0.25) is 0 Å². The average molecular weight is 252 g/mol. The third-order valence-corrected chi connectivity index (χ3v) is 2.79. The number of nitriles is 1. The van der Waals surface area contributed by atoms with E-state index in [2.05, 4.69) is 28.3 Å². The lowest BCUT2D eigenvalue weighted by Crippen LogP contribution is -2.03. The maximum atomic E-state index is 8.73. The molecule has 4 nitrogen and oxygen atoms in total. The Bertz CT molecular complexity index is 569. The summed E-state index contributed by atoms with van der Waals surface area (Å²) in [4.78, 5) is 8.42. The Morgan fingerprint density at radius 1 is 1.21 bits per heavy atom. The molecule has 0 spiro atoms. The van der Waals surface area contributed by atoms with Gasteiger partial charge in [-0.1, -0.05) is 25.5 Å². The Hall–Kier alpha value is -2.41. The Morgan fingerprint density at radius 3 is 2.68 bits per heavy atom. The highest BCUT2D eigenvalue weighted by atomic mass is 15.0. The van der Waals surface area contributed by atoms with Gasteiger partial charge in [0.05, 0.1) is 11.6 Å². The van der Waals surface area contributed by atoms with Crippen molar-refractivity contribution in [1.29, 1.82) is 5.26 Å². The molecule has 0 saturated carbocycles. The maximum absolute atomic E-state index is 8.73. The van der Waals surface area contributed by atoms with Crippen LogP contribution in [0.2, 0.25) is 0 Å². The van der Waals surface area contributed by atoms with Crippen molar-refractivity contribution in [2.45, 2.75) is 26.3 Å². The zero-order valence-corrected chi connectivity index (χ0v) is 10.9. The van der Waals surface area contributed by atoms with Gasteiger partial charge >= 0.3 is 0 Å². The smallest absolute Gasteiger partial charge is 0.129 e. The minimum Gasteiger partial charge on any atom is -0.366 e. The van der Waals surface area contributed by atoms with Crippen LogP contribution in [0.1, 0.15) is 30.2 Å². The summed E-state index contributed by atoms with van der Waals surface area (Å²) < 4.78 is 0. The summed E-state index contributed by atoms with van der Waals surface area (Å²) in [6.45, 7) is 2.82. The molecule has 2 rings (SSSR count). The van der Waals surface area contributed by atoms with Crippen LogP contribution in [-0.2, 0) is 13.0 Å². The first-order valence-electron chi connectivity index (χ1n) is 6.35. The molecule has 96 valence electrons. The van der Waals surface area contributed by atoms with Crippen molar-refractivity contribution >= 4 is 5.82 Å². The van der Waals surface area contributed by atoms with Crippen molar-refractivity contribution in [3.8, 4) is 6.07 Å². The number of hydrogen-bond acceptors (Lipinski definition) is 4. The second kappa shape index (κ2) is 6.50. The van der Waals surface area contributed by atoms with Crippen molar-refractivity contribution in [2.75, 3.05) is 5.32 Å². The van der Waals surface area contributed by atoms with Crippen molar-refractivity contribution in [3.05, 3.63) is 53.5 Å². The molecule has 0 aliphatic heterocycles. The molecule has 0 amide bonds. The van der Waals surface area contributed by atoms with Crippen molar-refractivity contribution in [2.24, 2.45) is 0 Å². The minimum atomic E-state index is 0.677. The van der Waals surface area contributed by atoms with E-state index in [1.54, 1.807) is 6.33 Å². The van der Waals surface area contributed by atoms with Crippen LogP contribution in [0, 0.1) is 11.3 Å². The number of nitrogens with zero attached hydrogens (tertiary/aromatic N) is 3. The highest BCUT2D eigenvalue weighted by Crippen LogP contribution is 2.09. The third-order valence-electron chi connectivity index (χ3n) is 2.79. The van der Waals surface area contributed by atoms with E-state index >= 15 is 0 Å². The Kier molecular flexibility index (Phi) is 4.46. The van der Waals surface area contributed by atoms with Crippen LogP contribution in [0.5, 0.6) is 0 Å². The van der Waals surface area contributed by atoms with E-state index in [0.717, 1.165) is 29.9 Å². The zero-order chi connectivity index (χ0) is 13.5. The van der Waals surface area contributed by atoms with Crippen LogP contribution >= 0.6 is 0 Å². The van der Waals surface area contributed by atoms with Gasteiger partial charge in [-0.25, -0.2) is 9.97 Å². The molecule has 1 heterocycles. The van der Waals surface area contributed by atoms with E-state index in [1.165, 1.54) is 0 Å². The monoisotopic (exact) mass is 252 g/mol. The van der Waals surface area contributed by atoms with E-state index in [-0.39, 0.29) is 0 Å². The van der Waals surface area contributed by atoms with Crippen LogP contribution in [0.4, 0.5) is 5.82 Å². The molecule has 19 heavy (non-hydrogen) atoms. The van der Waals surface area contributed by atoms with E-state index < -0.39 is 0 Å². The minimum absolute atomic E-state index is 0.677. The molecule has 0 bridgehead atoms. The van der Waals surface area contributed by atoms with Crippen molar-refractivity contribution in [1.82, 2.24) is 9.97 Å². The van der Waals surface area contributed by atoms with Gasteiger partial charge in [-0.05, 0) is 24.1 Å². The number of rotatable bonds is 5. The highest BCUT2D eigenvalue weighted by molar-refractivity contribution is 5.37. The summed E-state index contributed by atoms with van der Waals surface area (Å²) in [5, 5.41) is 12.0. The van der Waals surface area contributed by atoms with E-state index in [4.69, 9.17) is 5.26 Å². The third kappa shape index (κ3) is 3.78. The van der Waals surface area contributed by atoms with Crippen LogP contribution < -0.4 is 5.32 Å². The maximum Gasteiger partial charge on any atom is 0.129 e. The van der Waals surface area contributed by atoms with Gasteiger partial charge in [0.15, 0.2) is 0 Å². The van der Waals surface area contributed by atoms with E-state index in [9.17, 15) is 0 Å². The molecule has 0 atom stereocenters. The molecule has 4 heteroatoms. The zero-order valence-electron chi connectivity index (χ0n) is 10.9. The Morgan fingerprint density at radius 2 is 2.00 bits per heavy atom.